The highest BCUT2D eigenvalue weighted by molar-refractivity contribution is 6.05. The van der Waals surface area contributed by atoms with E-state index in [-0.39, 0.29) is 18.2 Å². The van der Waals surface area contributed by atoms with Crippen molar-refractivity contribution in [2.24, 2.45) is 11.8 Å². The number of hydrogen-bond donors (Lipinski definition) is 0. The third kappa shape index (κ3) is 15.8. The number of carbonyl (C=O) groups excluding carboxylic acids is 3. The summed E-state index contributed by atoms with van der Waals surface area (Å²) in [5.41, 5.74) is 0.0489. The molecule has 0 rings (SSSR count). The van der Waals surface area contributed by atoms with E-state index in [0.29, 0.717) is 19.1 Å². The molecule has 0 fully saturated rings. The molecule has 32 heavy (non-hydrogen) atoms. The van der Waals surface area contributed by atoms with E-state index in [2.05, 4.69) is 33.6 Å². The van der Waals surface area contributed by atoms with Crippen LogP contribution in [0.15, 0.2) is 49.6 Å². The van der Waals surface area contributed by atoms with Crippen molar-refractivity contribution in [3.8, 4) is 6.07 Å². The fourth-order valence-corrected chi connectivity index (χ4v) is 2.24. The van der Waals surface area contributed by atoms with Crippen molar-refractivity contribution in [3.63, 3.8) is 0 Å². The Morgan fingerprint density at radius 2 is 1.72 bits per heavy atom. The third-order valence-corrected chi connectivity index (χ3v) is 4.15. The maximum Gasteiger partial charge on any atom is 0.337 e. The molecule has 1 atom stereocenters. The van der Waals surface area contributed by atoms with E-state index in [1.807, 2.05) is 13.8 Å². The second-order valence-corrected chi connectivity index (χ2v) is 7.41. The molecule has 0 aliphatic rings. The lowest BCUT2D eigenvalue weighted by Crippen LogP contribution is -2.36. The van der Waals surface area contributed by atoms with Gasteiger partial charge in [-0.25, -0.2) is 4.79 Å². The first-order valence-corrected chi connectivity index (χ1v) is 10.8. The topological polar surface area (TPSA) is 96.7 Å². The van der Waals surface area contributed by atoms with Gasteiger partial charge in [-0.05, 0) is 30.4 Å². The molecule has 0 spiro atoms. The first-order chi connectivity index (χ1) is 15.2. The maximum atomic E-state index is 12.3. The highest BCUT2D eigenvalue weighted by Gasteiger charge is 2.18. The van der Waals surface area contributed by atoms with E-state index in [0.717, 1.165) is 42.7 Å². The van der Waals surface area contributed by atoms with Gasteiger partial charge in [0.2, 0.25) is 0 Å². The van der Waals surface area contributed by atoms with E-state index >= 15 is 0 Å². The number of allylic oxidation sites excluding steroid dienone is 1. The summed E-state index contributed by atoms with van der Waals surface area (Å²) in [5.74, 6) is -1.17. The fourth-order valence-electron chi connectivity index (χ4n) is 2.24. The van der Waals surface area contributed by atoms with E-state index < -0.39 is 17.8 Å². The summed E-state index contributed by atoms with van der Waals surface area (Å²) in [4.78, 5) is 37.1. The van der Waals surface area contributed by atoms with Crippen LogP contribution in [-0.4, -0.2) is 42.6 Å². The first kappa shape index (κ1) is 31.2. The summed E-state index contributed by atoms with van der Waals surface area (Å²) in [6.45, 7) is 18.8. The lowest BCUT2D eigenvalue weighted by atomic mass is 10.0. The molecule has 0 saturated carbocycles. The summed E-state index contributed by atoms with van der Waals surface area (Å²) >= 11 is 0. The SMILES string of the molecule is C=CC#N.C=CC(=O)N(COCC(C)C)C(=O)C=CC(=C)C(=O)OCC(CC)CCCC. The lowest BCUT2D eigenvalue weighted by Gasteiger charge is -2.18. The van der Waals surface area contributed by atoms with Crippen LogP contribution in [0.3, 0.4) is 0 Å². The maximum absolute atomic E-state index is 12.3. The Hall–Kier alpha value is -2.98. The lowest BCUT2D eigenvalue weighted by molar-refractivity contribution is -0.145. The standard InChI is InChI=1S/C22H35NO5.C3H3N/c1-7-10-11-19(8-2)15-28-22(26)18(6)12-13-21(25)23(20(24)9-3)16-27-14-17(4)5;1-2-3-4/h9,12-13,17,19H,3,6-8,10-11,14-16H2,1-2,4-5H3;2H,1H2. The van der Waals surface area contributed by atoms with E-state index in [9.17, 15) is 14.4 Å². The minimum Gasteiger partial charge on any atom is -0.462 e. The van der Waals surface area contributed by atoms with Crippen LogP contribution in [0, 0.1) is 23.2 Å². The number of nitriles is 1. The van der Waals surface area contributed by atoms with Crippen LogP contribution in [-0.2, 0) is 23.9 Å². The first-order valence-electron chi connectivity index (χ1n) is 10.8. The number of amides is 2. The zero-order chi connectivity index (χ0) is 24.9. The van der Waals surface area contributed by atoms with Crippen molar-refractivity contribution in [2.75, 3.05) is 19.9 Å². The Kier molecular flexibility index (Phi) is 19.5. The molecule has 1 unspecified atom stereocenters. The molecule has 0 aliphatic heterocycles. The molecule has 0 aliphatic carbocycles. The molecule has 0 N–H and O–H groups in total. The fraction of sp³-hybridized carbons (Fsp3) is 0.520. The van der Waals surface area contributed by atoms with Crippen molar-refractivity contribution in [2.45, 2.75) is 53.4 Å². The largest absolute Gasteiger partial charge is 0.462 e. The number of imide groups is 1. The van der Waals surface area contributed by atoms with Crippen molar-refractivity contribution in [1.29, 1.82) is 5.26 Å². The summed E-state index contributed by atoms with van der Waals surface area (Å²) in [7, 11) is 0. The highest BCUT2D eigenvalue weighted by Crippen LogP contribution is 2.13. The summed E-state index contributed by atoms with van der Waals surface area (Å²) in [6.07, 6.45) is 8.72. The number of nitrogens with zero attached hydrogens (tertiary/aromatic N) is 2. The zero-order valence-corrected chi connectivity index (χ0v) is 20.0. The molecule has 0 bridgehead atoms. The molecule has 0 radical (unpaired) electrons. The molecule has 7 heteroatoms. The smallest absolute Gasteiger partial charge is 0.337 e. The summed E-state index contributed by atoms with van der Waals surface area (Å²) in [5, 5.41) is 7.51. The highest BCUT2D eigenvalue weighted by atomic mass is 16.5. The minimum absolute atomic E-state index is 0.0489. The Morgan fingerprint density at radius 3 is 2.19 bits per heavy atom. The zero-order valence-electron chi connectivity index (χ0n) is 20.0. The van der Waals surface area contributed by atoms with Crippen LogP contribution in [0.1, 0.15) is 53.4 Å². The Morgan fingerprint density at radius 1 is 1.09 bits per heavy atom. The van der Waals surface area contributed by atoms with Gasteiger partial charge < -0.3 is 9.47 Å². The summed E-state index contributed by atoms with van der Waals surface area (Å²) in [6, 6.07) is 1.69. The van der Waals surface area contributed by atoms with Gasteiger partial charge in [0, 0.05) is 12.2 Å². The van der Waals surface area contributed by atoms with Crippen LogP contribution in [0.2, 0.25) is 0 Å². The Balaban J connectivity index is 0. The van der Waals surface area contributed by atoms with Gasteiger partial charge in [-0.1, -0.05) is 66.7 Å². The van der Waals surface area contributed by atoms with Gasteiger partial charge in [0.25, 0.3) is 11.8 Å². The van der Waals surface area contributed by atoms with Crippen molar-refractivity contribution < 1.29 is 23.9 Å². The Labute approximate surface area is 193 Å². The van der Waals surface area contributed by atoms with Crippen LogP contribution in [0.25, 0.3) is 0 Å². The van der Waals surface area contributed by atoms with Gasteiger partial charge in [-0.3, -0.25) is 14.5 Å². The van der Waals surface area contributed by atoms with Gasteiger partial charge in [0.15, 0.2) is 0 Å². The van der Waals surface area contributed by atoms with Gasteiger partial charge in [0.05, 0.1) is 24.9 Å². The second kappa shape index (κ2) is 20.0. The molecule has 7 nitrogen and oxygen atoms in total. The van der Waals surface area contributed by atoms with E-state index in [1.54, 1.807) is 6.07 Å². The monoisotopic (exact) mass is 446 g/mol. The molecule has 0 aromatic rings. The minimum atomic E-state index is -0.614. The molecule has 0 saturated heterocycles. The summed E-state index contributed by atoms with van der Waals surface area (Å²) < 4.78 is 10.6. The molecule has 0 heterocycles. The number of esters is 1. The predicted molar refractivity (Wildman–Crippen MR) is 126 cm³/mol. The molecule has 0 aromatic heterocycles. The average Bonchev–Trinajstić information content (AvgIpc) is 2.79. The predicted octanol–water partition coefficient (Wildman–Crippen LogP) is 4.73. The number of ether oxygens (including phenoxy) is 2. The number of unbranched alkanes of at least 4 members (excludes halogenated alkanes) is 1. The molecular weight excluding hydrogens is 408 g/mol. The van der Waals surface area contributed by atoms with Crippen molar-refractivity contribution >= 4 is 17.8 Å². The number of hydrogen-bond acceptors (Lipinski definition) is 6. The normalized spacial score (nSPS) is 11.0. The Bertz CT molecular complexity index is 689. The van der Waals surface area contributed by atoms with Gasteiger partial charge in [-0.2, -0.15) is 5.26 Å². The van der Waals surface area contributed by atoms with Crippen LogP contribution >= 0.6 is 0 Å². The van der Waals surface area contributed by atoms with E-state index in [1.165, 1.54) is 12.2 Å². The molecule has 2 amide bonds. The molecule has 0 aromatic carbocycles. The molecular formula is C25H38N2O5. The van der Waals surface area contributed by atoms with Crippen LogP contribution < -0.4 is 0 Å². The van der Waals surface area contributed by atoms with Gasteiger partial charge in [-0.15, -0.1) is 0 Å². The van der Waals surface area contributed by atoms with Crippen molar-refractivity contribution in [3.05, 3.63) is 49.6 Å². The van der Waals surface area contributed by atoms with Crippen molar-refractivity contribution in [1.82, 2.24) is 4.90 Å². The molecule has 178 valence electrons. The van der Waals surface area contributed by atoms with Crippen LogP contribution in [0.5, 0.6) is 0 Å². The van der Waals surface area contributed by atoms with E-state index in [4.69, 9.17) is 14.7 Å². The third-order valence-electron chi connectivity index (χ3n) is 4.15. The quantitative estimate of drug-likeness (QED) is 0.126. The second-order valence-electron chi connectivity index (χ2n) is 7.41. The van der Waals surface area contributed by atoms with Crippen LogP contribution in [0.4, 0.5) is 0 Å². The van der Waals surface area contributed by atoms with Gasteiger partial charge >= 0.3 is 5.97 Å². The number of carbonyl (C=O) groups is 3. The number of rotatable bonds is 14. The van der Waals surface area contributed by atoms with Gasteiger partial charge in [0.1, 0.15) is 6.73 Å². The average molecular weight is 447 g/mol.